The predicted octanol–water partition coefficient (Wildman–Crippen LogP) is 3.09. The average Bonchev–Trinajstić information content (AvgIpc) is 3.20. The van der Waals surface area contributed by atoms with E-state index in [9.17, 15) is 4.79 Å². The molecule has 1 aliphatic carbocycles. The highest BCUT2D eigenvalue weighted by atomic mass is 16.5. The molecule has 102 valence electrons. The van der Waals surface area contributed by atoms with Gasteiger partial charge in [0, 0.05) is 18.6 Å². The van der Waals surface area contributed by atoms with E-state index in [1.54, 1.807) is 0 Å². The van der Waals surface area contributed by atoms with E-state index in [0.717, 1.165) is 38.9 Å². The Balaban J connectivity index is 1.81. The minimum absolute atomic E-state index is 0.0764. The molecule has 1 saturated carbocycles. The van der Waals surface area contributed by atoms with Crippen LogP contribution in [0.15, 0.2) is 24.3 Å². The Labute approximate surface area is 113 Å². The van der Waals surface area contributed by atoms with E-state index in [-0.39, 0.29) is 11.8 Å². The van der Waals surface area contributed by atoms with Crippen molar-refractivity contribution in [1.82, 2.24) is 0 Å². The summed E-state index contributed by atoms with van der Waals surface area (Å²) in [4.78, 5) is 11.0. The van der Waals surface area contributed by atoms with Gasteiger partial charge in [-0.05, 0) is 42.7 Å². The molecule has 1 aromatic carbocycles. The Kier molecular flexibility index (Phi) is 3.31. The first-order valence-corrected chi connectivity index (χ1v) is 7.10. The van der Waals surface area contributed by atoms with E-state index in [0.29, 0.717) is 5.92 Å². The first-order valence-electron chi connectivity index (χ1n) is 7.10. The third-order valence-corrected chi connectivity index (χ3v) is 4.53. The summed E-state index contributed by atoms with van der Waals surface area (Å²) in [5, 5.41) is 9.05. The van der Waals surface area contributed by atoms with Gasteiger partial charge in [-0.15, -0.1) is 0 Å². The fourth-order valence-corrected chi connectivity index (χ4v) is 3.16. The van der Waals surface area contributed by atoms with E-state index in [1.807, 2.05) is 0 Å². The number of hydrogen-bond donors (Lipinski definition) is 1. The van der Waals surface area contributed by atoms with E-state index >= 15 is 0 Å². The zero-order valence-electron chi connectivity index (χ0n) is 11.1. The summed E-state index contributed by atoms with van der Waals surface area (Å²) in [5.74, 6) is -0.108. The molecule has 2 aliphatic rings. The summed E-state index contributed by atoms with van der Waals surface area (Å²) in [6, 6.07) is 8.60. The fraction of sp³-hybridized carbons (Fsp3) is 0.562. The second-order valence-corrected chi connectivity index (χ2v) is 5.86. The minimum atomic E-state index is -0.686. The lowest BCUT2D eigenvalue weighted by atomic mass is 9.86. The predicted molar refractivity (Wildman–Crippen MR) is 72.4 cm³/mol. The van der Waals surface area contributed by atoms with E-state index in [4.69, 9.17) is 9.84 Å². The van der Waals surface area contributed by atoms with E-state index in [2.05, 4.69) is 24.3 Å². The molecule has 1 N–H and O–H groups in total. The standard InChI is InChI=1S/C16H20O3/c17-15(18)11-16(6-7-16)14-3-1-2-13(10-14)12-4-8-19-9-5-12/h1-3,10,12H,4-9,11H2,(H,17,18). The molecule has 1 heterocycles. The summed E-state index contributed by atoms with van der Waals surface area (Å²) in [7, 11) is 0. The number of carbonyl (C=O) groups is 1. The Hall–Kier alpha value is -1.35. The number of ether oxygens (including phenoxy) is 1. The maximum absolute atomic E-state index is 11.0. The Morgan fingerprint density at radius 3 is 2.68 bits per heavy atom. The van der Waals surface area contributed by atoms with Crippen molar-refractivity contribution in [3.05, 3.63) is 35.4 Å². The maximum atomic E-state index is 11.0. The van der Waals surface area contributed by atoms with Gasteiger partial charge in [0.15, 0.2) is 0 Å². The molecule has 3 nitrogen and oxygen atoms in total. The van der Waals surface area contributed by atoms with Crippen LogP contribution in [0.1, 0.15) is 49.1 Å². The molecule has 1 saturated heterocycles. The van der Waals surface area contributed by atoms with Crippen molar-refractivity contribution < 1.29 is 14.6 Å². The van der Waals surface area contributed by atoms with Crippen molar-refractivity contribution in [2.45, 2.75) is 43.4 Å². The van der Waals surface area contributed by atoms with Crippen molar-refractivity contribution >= 4 is 5.97 Å². The van der Waals surface area contributed by atoms with Crippen molar-refractivity contribution in [3.8, 4) is 0 Å². The number of carboxylic acid groups (broad SMARTS) is 1. The number of hydrogen-bond acceptors (Lipinski definition) is 2. The van der Waals surface area contributed by atoms with Crippen molar-refractivity contribution in [1.29, 1.82) is 0 Å². The molecular weight excluding hydrogens is 240 g/mol. The first kappa shape index (κ1) is 12.7. The summed E-state index contributed by atoms with van der Waals surface area (Å²) in [5.41, 5.74) is 2.50. The highest BCUT2D eigenvalue weighted by Crippen LogP contribution is 2.51. The van der Waals surface area contributed by atoms with Gasteiger partial charge in [-0.3, -0.25) is 4.79 Å². The topological polar surface area (TPSA) is 46.5 Å². The van der Waals surface area contributed by atoms with Gasteiger partial charge in [0.1, 0.15) is 0 Å². The van der Waals surface area contributed by atoms with Crippen LogP contribution in [-0.2, 0) is 14.9 Å². The van der Waals surface area contributed by atoms with Gasteiger partial charge < -0.3 is 9.84 Å². The number of rotatable bonds is 4. The summed E-state index contributed by atoms with van der Waals surface area (Å²) in [6.07, 6.45) is 4.45. The summed E-state index contributed by atoms with van der Waals surface area (Å²) < 4.78 is 5.41. The molecular formula is C16H20O3. The molecule has 0 spiro atoms. The van der Waals surface area contributed by atoms with E-state index in [1.165, 1.54) is 11.1 Å². The Morgan fingerprint density at radius 1 is 1.32 bits per heavy atom. The molecule has 19 heavy (non-hydrogen) atoms. The first-order chi connectivity index (χ1) is 9.20. The van der Waals surface area contributed by atoms with Crippen molar-refractivity contribution in [2.24, 2.45) is 0 Å². The lowest BCUT2D eigenvalue weighted by molar-refractivity contribution is -0.137. The molecule has 3 rings (SSSR count). The van der Waals surface area contributed by atoms with Crippen LogP contribution in [-0.4, -0.2) is 24.3 Å². The van der Waals surface area contributed by atoms with Gasteiger partial charge in [-0.2, -0.15) is 0 Å². The molecule has 0 unspecified atom stereocenters. The smallest absolute Gasteiger partial charge is 0.304 e. The summed E-state index contributed by atoms with van der Waals surface area (Å²) >= 11 is 0. The van der Waals surface area contributed by atoms with E-state index < -0.39 is 5.97 Å². The fourth-order valence-electron chi connectivity index (χ4n) is 3.16. The minimum Gasteiger partial charge on any atom is -0.481 e. The third kappa shape index (κ3) is 2.66. The van der Waals surface area contributed by atoms with Gasteiger partial charge in [-0.1, -0.05) is 24.3 Å². The van der Waals surface area contributed by atoms with Crippen LogP contribution in [0.4, 0.5) is 0 Å². The molecule has 0 bridgehead atoms. The van der Waals surface area contributed by atoms with Crippen LogP contribution in [0, 0.1) is 0 Å². The van der Waals surface area contributed by atoms with Gasteiger partial charge in [0.25, 0.3) is 0 Å². The van der Waals surface area contributed by atoms with Crippen LogP contribution in [0.2, 0.25) is 0 Å². The average molecular weight is 260 g/mol. The molecule has 1 aliphatic heterocycles. The highest BCUT2D eigenvalue weighted by molar-refractivity contribution is 5.70. The lowest BCUT2D eigenvalue weighted by Crippen LogP contribution is -2.16. The molecule has 3 heteroatoms. The molecule has 0 atom stereocenters. The van der Waals surface area contributed by atoms with Crippen LogP contribution in [0.3, 0.4) is 0 Å². The molecule has 0 amide bonds. The maximum Gasteiger partial charge on any atom is 0.304 e. The van der Waals surface area contributed by atoms with Crippen LogP contribution >= 0.6 is 0 Å². The van der Waals surface area contributed by atoms with Crippen LogP contribution in [0.25, 0.3) is 0 Å². The van der Waals surface area contributed by atoms with Gasteiger partial charge >= 0.3 is 5.97 Å². The van der Waals surface area contributed by atoms with Gasteiger partial charge in [0.05, 0.1) is 6.42 Å². The second-order valence-electron chi connectivity index (χ2n) is 5.86. The second kappa shape index (κ2) is 4.97. The zero-order valence-corrected chi connectivity index (χ0v) is 11.1. The number of benzene rings is 1. The van der Waals surface area contributed by atoms with Gasteiger partial charge in [-0.25, -0.2) is 0 Å². The molecule has 0 radical (unpaired) electrons. The Bertz CT molecular complexity index is 471. The molecule has 1 aromatic rings. The quantitative estimate of drug-likeness (QED) is 0.905. The largest absolute Gasteiger partial charge is 0.481 e. The van der Waals surface area contributed by atoms with Crippen LogP contribution in [0.5, 0.6) is 0 Å². The van der Waals surface area contributed by atoms with Crippen LogP contribution < -0.4 is 0 Å². The Morgan fingerprint density at radius 2 is 2.05 bits per heavy atom. The lowest BCUT2D eigenvalue weighted by Gasteiger charge is -2.24. The third-order valence-electron chi connectivity index (χ3n) is 4.53. The highest BCUT2D eigenvalue weighted by Gasteiger charge is 2.46. The number of aliphatic carboxylic acids is 1. The van der Waals surface area contributed by atoms with Crippen molar-refractivity contribution in [3.63, 3.8) is 0 Å². The molecule has 0 aromatic heterocycles. The van der Waals surface area contributed by atoms with Crippen molar-refractivity contribution in [2.75, 3.05) is 13.2 Å². The monoisotopic (exact) mass is 260 g/mol. The number of carboxylic acids is 1. The SMILES string of the molecule is O=C(O)CC1(c2cccc(C3CCOCC3)c2)CC1. The summed E-state index contributed by atoms with van der Waals surface area (Å²) in [6.45, 7) is 1.68. The zero-order chi connectivity index (χ0) is 13.3. The normalized spacial score (nSPS) is 22.1. The molecule has 2 fully saturated rings. The van der Waals surface area contributed by atoms with Gasteiger partial charge in [0.2, 0.25) is 0 Å².